The Morgan fingerprint density at radius 3 is 2.61 bits per heavy atom. The minimum atomic E-state index is -0.521. The van der Waals surface area contributed by atoms with Crippen LogP contribution in [0.2, 0.25) is 0 Å². The zero-order valence-corrected chi connectivity index (χ0v) is 17.6. The molecule has 4 rings (SSSR count). The third-order valence-corrected chi connectivity index (χ3v) is 7.78. The van der Waals surface area contributed by atoms with E-state index in [-0.39, 0.29) is 17.3 Å². The largest absolute Gasteiger partial charge is 0.504 e. The highest BCUT2D eigenvalue weighted by Gasteiger charge is 2.55. The first-order valence-electron chi connectivity index (χ1n) is 10.8. The van der Waals surface area contributed by atoms with Crippen LogP contribution in [0.1, 0.15) is 50.2 Å². The van der Waals surface area contributed by atoms with Crippen LogP contribution in [0, 0.1) is 11.8 Å². The van der Waals surface area contributed by atoms with Crippen LogP contribution in [-0.2, 0) is 16.6 Å². The summed E-state index contributed by atoms with van der Waals surface area (Å²) in [6, 6.07) is 4.40. The third-order valence-electron chi connectivity index (χ3n) is 7.78. The molecule has 3 aliphatic rings. The van der Waals surface area contributed by atoms with Crippen LogP contribution in [0.3, 0.4) is 0 Å². The topological polar surface area (TPSA) is 62.2 Å². The monoisotopic (exact) mass is 389 g/mol. The van der Waals surface area contributed by atoms with Crippen molar-refractivity contribution in [3.05, 3.63) is 23.3 Å². The van der Waals surface area contributed by atoms with E-state index in [9.17, 15) is 10.2 Å². The smallest absolute Gasteiger partial charge is 0.161 e. The van der Waals surface area contributed by atoms with Crippen LogP contribution in [0.25, 0.3) is 0 Å². The number of nitrogens with zero attached hydrogens (tertiary/aromatic N) is 1. The van der Waals surface area contributed by atoms with E-state index in [4.69, 9.17) is 9.47 Å². The van der Waals surface area contributed by atoms with E-state index < -0.39 is 6.10 Å². The third kappa shape index (κ3) is 3.12. The van der Waals surface area contributed by atoms with E-state index in [1.165, 1.54) is 18.4 Å². The second-order valence-corrected chi connectivity index (χ2v) is 9.20. The van der Waals surface area contributed by atoms with Gasteiger partial charge in [-0.1, -0.05) is 13.0 Å². The van der Waals surface area contributed by atoms with Gasteiger partial charge in [-0.05, 0) is 69.0 Å². The Balaban J connectivity index is 1.82. The molecule has 1 aromatic rings. The van der Waals surface area contributed by atoms with Crippen molar-refractivity contribution in [2.45, 2.75) is 69.1 Å². The molecule has 0 heterocycles. The molecule has 0 radical (unpaired) electrons. The lowest BCUT2D eigenvalue weighted by atomic mass is 9.53. The van der Waals surface area contributed by atoms with E-state index in [2.05, 4.69) is 24.9 Å². The van der Waals surface area contributed by atoms with E-state index in [1.54, 1.807) is 14.2 Å². The van der Waals surface area contributed by atoms with Gasteiger partial charge in [-0.15, -0.1) is 0 Å². The first kappa shape index (κ1) is 20.0. The zero-order chi connectivity index (χ0) is 20.1. The van der Waals surface area contributed by atoms with Gasteiger partial charge in [-0.2, -0.15) is 0 Å². The van der Waals surface area contributed by atoms with Gasteiger partial charge >= 0.3 is 0 Å². The summed E-state index contributed by atoms with van der Waals surface area (Å²) in [5, 5.41) is 22.0. The molecule has 0 bridgehead atoms. The maximum absolute atomic E-state index is 11.1. The number of rotatable bonds is 6. The van der Waals surface area contributed by atoms with Gasteiger partial charge in [0.15, 0.2) is 11.5 Å². The molecule has 0 aromatic heterocycles. The summed E-state index contributed by atoms with van der Waals surface area (Å²) in [5.41, 5.74) is 1.94. The quantitative estimate of drug-likeness (QED) is 0.783. The summed E-state index contributed by atoms with van der Waals surface area (Å²) in [5.74, 6) is 1.95. The highest BCUT2D eigenvalue weighted by atomic mass is 16.5. The molecular weight excluding hydrogens is 354 g/mol. The second kappa shape index (κ2) is 7.51. The molecule has 2 fully saturated rings. The normalized spacial score (nSPS) is 34.8. The SMILES string of the molecule is CC[C@@]12CC(O)C(OC)CC1C(N(C)CC1CC1)Cc1ccc(OC)c(O)c12. The molecule has 0 amide bonds. The molecule has 2 saturated carbocycles. The van der Waals surface area contributed by atoms with Gasteiger partial charge in [0.2, 0.25) is 0 Å². The van der Waals surface area contributed by atoms with E-state index in [0.717, 1.165) is 37.3 Å². The van der Waals surface area contributed by atoms with Gasteiger partial charge < -0.3 is 24.6 Å². The Morgan fingerprint density at radius 1 is 1.25 bits per heavy atom. The van der Waals surface area contributed by atoms with Gasteiger partial charge in [0.05, 0.1) is 19.3 Å². The van der Waals surface area contributed by atoms with Crippen molar-refractivity contribution in [3.63, 3.8) is 0 Å². The fourth-order valence-corrected chi connectivity index (χ4v) is 6.12. The number of fused-ring (bicyclic) bond motifs is 3. The van der Waals surface area contributed by atoms with Crippen LogP contribution < -0.4 is 4.74 Å². The predicted molar refractivity (Wildman–Crippen MR) is 109 cm³/mol. The molecule has 0 aliphatic heterocycles. The van der Waals surface area contributed by atoms with Crippen LogP contribution in [-0.4, -0.2) is 61.2 Å². The van der Waals surface area contributed by atoms with Gasteiger partial charge in [0.1, 0.15) is 0 Å². The van der Waals surface area contributed by atoms with Crippen molar-refractivity contribution in [1.29, 1.82) is 0 Å². The summed E-state index contributed by atoms with van der Waals surface area (Å²) in [4.78, 5) is 2.54. The molecule has 5 atom stereocenters. The summed E-state index contributed by atoms with van der Waals surface area (Å²) in [6.07, 6.45) is 5.27. The Kier molecular flexibility index (Phi) is 5.36. The van der Waals surface area contributed by atoms with Crippen molar-refractivity contribution in [1.82, 2.24) is 4.90 Å². The van der Waals surface area contributed by atoms with Gasteiger partial charge in [-0.25, -0.2) is 0 Å². The fraction of sp³-hybridized carbons (Fsp3) is 0.739. The van der Waals surface area contributed by atoms with Crippen molar-refractivity contribution in [2.24, 2.45) is 11.8 Å². The maximum atomic E-state index is 11.1. The zero-order valence-electron chi connectivity index (χ0n) is 17.6. The van der Waals surface area contributed by atoms with Crippen molar-refractivity contribution < 1.29 is 19.7 Å². The van der Waals surface area contributed by atoms with Crippen molar-refractivity contribution >= 4 is 0 Å². The summed E-state index contributed by atoms with van der Waals surface area (Å²) in [7, 11) is 5.56. The molecule has 3 aliphatic carbocycles. The minimum Gasteiger partial charge on any atom is -0.504 e. The Hall–Kier alpha value is -1.30. The van der Waals surface area contributed by atoms with Crippen LogP contribution in [0.5, 0.6) is 11.5 Å². The summed E-state index contributed by atoms with van der Waals surface area (Å²) < 4.78 is 11.1. The molecule has 0 saturated heterocycles. The van der Waals surface area contributed by atoms with E-state index in [0.29, 0.717) is 24.1 Å². The Labute approximate surface area is 168 Å². The number of aromatic hydroxyl groups is 1. The lowest BCUT2D eigenvalue weighted by Gasteiger charge is -2.56. The van der Waals surface area contributed by atoms with Crippen LogP contribution in [0.4, 0.5) is 0 Å². The fourth-order valence-electron chi connectivity index (χ4n) is 6.12. The highest BCUT2D eigenvalue weighted by molar-refractivity contribution is 5.56. The standard InChI is InChI=1S/C23H35NO4/c1-5-23-12-18(25)20(28-4)11-16(23)17(24(2)13-14-6-7-14)10-15-8-9-19(27-3)22(26)21(15)23/h8-9,14,16-18,20,25-26H,5-7,10-13H2,1-4H3/t16?,17?,18?,20?,23-/m1/s1. The molecule has 4 unspecified atom stereocenters. The maximum Gasteiger partial charge on any atom is 0.161 e. The van der Waals surface area contributed by atoms with Gasteiger partial charge in [0.25, 0.3) is 0 Å². The van der Waals surface area contributed by atoms with Crippen LogP contribution >= 0.6 is 0 Å². The average Bonchev–Trinajstić information content (AvgIpc) is 3.50. The first-order chi connectivity index (χ1) is 13.4. The minimum absolute atomic E-state index is 0.143. The number of hydrogen-bond acceptors (Lipinski definition) is 5. The first-order valence-corrected chi connectivity index (χ1v) is 10.8. The summed E-state index contributed by atoms with van der Waals surface area (Å²) >= 11 is 0. The molecular formula is C23H35NO4. The Bertz CT molecular complexity index is 719. The lowest BCUT2D eigenvalue weighted by molar-refractivity contribution is -0.0984. The number of aliphatic hydroxyl groups excluding tert-OH is 1. The number of aliphatic hydroxyl groups is 1. The number of methoxy groups -OCH3 is 2. The number of benzene rings is 1. The molecule has 2 N–H and O–H groups in total. The number of phenolic OH excluding ortho intramolecular Hbond substituents is 1. The second-order valence-electron chi connectivity index (χ2n) is 9.20. The predicted octanol–water partition coefficient (Wildman–Crippen LogP) is 3.10. The van der Waals surface area contributed by atoms with Crippen molar-refractivity contribution in [2.75, 3.05) is 27.8 Å². The molecule has 1 aromatic carbocycles. The van der Waals surface area contributed by atoms with Gasteiger partial charge in [-0.3, -0.25) is 0 Å². The van der Waals surface area contributed by atoms with E-state index in [1.807, 2.05) is 6.07 Å². The molecule has 0 spiro atoms. The molecule has 156 valence electrons. The van der Waals surface area contributed by atoms with Crippen molar-refractivity contribution in [3.8, 4) is 11.5 Å². The lowest BCUT2D eigenvalue weighted by Crippen LogP contribution is -2.59. The van der Waals surface area contributed by atoms with E-state index >= 15 is 0 Å². The average molecular weight is 390 g/mol. The number of hydrogen-bond donors (Lipinski definition) is 2. The summed E-state index contributed by atoms with van der Waals surface area (Å²) in [6.45, 7) is 3.33. The molecule has 28 heavy (non-hydrogen) atoms. The number of likely N-dealkylation sites (N-methyl/N-ethyl adjacent to an activating group) is 1. The van der Waals surface area contributed by atoms with Gasteiger partial charge in [0, 0.05) is 30.7 Å². The number of phenols is 1. The Morgan fingerprint density at radius 2 is 2.00 bits per heavy atom. The number of ether oxygens (including phenoxy) is 2. The highest BCUT2D eigenvalue weighted by Crippen LogP contribution is 2.57. The molecule has 5 nitrogen and oxygen atoms in total. The van der Waals surface area contributed by atoms with Crippen LogP contribution in [0.15, 0.2) is 12.1 Å². The molecule has 5 heteroatoms.